The van der Waals surface area contributed by atoms with Gasteiger partial charge in [0.25, 0.3) is 0 Å². The van der Waals surface area contributed by atoms with Crippen LogP contribution >= 0.6 is 0 Å². The lowest BCUT2D eigenvalue weighted by molar-refractivity contribution is -0.382. The monoisotopic (exact) mass is 1960 g/mol. The van der Waals surface area contributed by atoms with Crippen LogP contribution in [0.25, 0.3) is 0 Å². The molecule has 0 aliphatic carbocycles. The Balaban J connectivity index is 2.01. The molecule has 792 valence electrons. The molecule has 17 atom stereocenters. The smallest absolute Gasteiger partial charge is 0.311 e. The number of rotatable bonds is 63. The number of allylic oxidation sites excluding steroid dienone is 1. The maximum Gasteiger partial charge on any atom is 0.311 e. The third-order valence-corrected chi connectivity index (χ3v) is 24.2. The van der Waals surface area contributed by atoms with Crippen LogP contribution in [0.1, 0.15) is 403 Å². The van der Waals surface area contributed by atoms with E-state index in [1.165, 1.54) is 196 Å². The van der Waals surface area contributed by atoms with Gasteiger partial charge in [-0.2, -0.15) is 0 Å². The van der Waals surface area contributed by atoms with E-state index in [0.29, 0.717) is 18.6 Å². The van der Waals surface area contributed by atoms with Crippen LogP contribution < -0.4 is 10.1 Å². The summed E-state index contributed by atoms with van der Waals surface area (Å²) in [6, 6.07) is 6.32. The fraction of sp³-hybridized carbons (Fsp3) is 0.824. The zero-order valence-corrected chi connectivity index (χ0v) is 89.1. The molecule has 1 amide bonds. The molecule has 1 aromatic carbocycles. The molecule has 0 spiro atoms. The first-order valence-corrected chi connectivity index (χ1v) is 51.8. The average Bonchev–Trinajstić information content (AvgIpc) is 0.755. The number of ether oxygens (including phenoxy) is 18. The first-order chi connectivity index (χ1) is 64.9. The molecule has 30 heteroatoms. The molecule has 0 unspecified atom stereocenters. The van der Waals surface area contributed by atoms with E-state index in [0.717, 1.165) is 91.0 Å². The van der Waals surface area contributed by atoms with Crippen LogP contribution in [-0.4, -0.2) is 203 Å². The second-order valence-electron chi connectivity index (χ2n) is 43.9. The minimum atomic E-state index is -2.24. The maximum absolute atomic E-state index is 15.3. The van der Waals surface area contributed by atoms with Crippen molar-refractivity contribution in [2.45, 2.75) is 508 Å². The van der Waals surface area contributed by atoms with Crippen molar-refractivity contribution >= 4 is 65.6 Å². The number of carbonyl (C=O) groups is 11. The van der Waals surface area contributed by atoms with Crippen molar-refractivity contribution in [1.82, 2.24) is 5.32 Å². The number of amides is 1. The fourth-order valence-electron chi connectivity index (χ4n) is 15.8. The highest BCUT2D eigenvalue weighted by Crippen LogP contribution is 2.42. The van der Waals surface area contributed by atoms with Gasteiger partial charge in [-0.1, -0.05) is 244 Å². The van der Waals surface area contributed by atoms with E-state index in [1.54, 1.807) is 90.2 Å². The van der Waals surface area contributed by atoms with Crippen LogP contribution in [0.5, 0.6) is 5.75 Å². The third kappa shape index (κ3) is 47.7. The Morgan fingerprint density at radius 2 is 0.645 bits per heavy atom. The van der Waals surface area contributed by atoms with E-state index in [4.69, 9.17) is 85.3 Å². The molecule has 0 saturated carbocycles. The number of carbonyl (C=O) groups excluding carboxylic acids is 11. The van der Waals surface area contributed by atoms with Crippen LogP contribution in [0.3, 0.4) is 0 Å². The Kier molecular flexibility index (Phi) is 56.1. The molecule has 1 N–H and O–H groups in total. The summed E-state index contributed by atoms with van der Waals surface area (Å²) in [5.74, 6) is -8.94. The Hall–Kier alpha value is -7.35. The fourth-order valence-corrected chi connectivity index (χ4v) is 15.8. The minimum Gasteiger partial charge on any atom is -0.497 e. The molecule has 0 bridgehead atoms. The molecule has 30 nitrogen and oxygen atoms in total. The number of hydrogen-bond acceptors (Lipinski definition) is 29. The summed E-state index contributed by atoms with van der Waals surface area (Å²) in [5.41, 5.74) is -7.27. The quantitative estimate of drug-likeness (QED) is 0.0274. The van der Waals surface area contributed by atoms with Crippen molar-refractivity contribution < 1.29 is 138 Å². The predicted octanol–water partition coefficient (Wildman–Crippen LogP) is 21.0. The normalized spacial score (nSPS) is 22.6. The lowest BCUT2D eigenvalue weighted by Gasteiger charge is -2.51. The number of hydrogen-bond donors (Lipinski definition) is 1. The molecular weight excluding hydrogens is 1780 g/mol. The summed E-state index contributed by atoms with van der Waals surface area (Å²) in [5, 5.41) is 3.28. The summed E-state index contributed by atoms with van der Waals surface area (Å²) in [6.07, 6.45) is 15.3. The lowest BCUT2D eigenvalue weighted by atomic mass is 9.92. The SMILES string of the molecule is CCCCCCCCCCCCC/C=C/[C@@H](OCc1ccc(OC)cc1)[C@H](CO[C@@H]1O[C@H](COC(=O)C(C)(C)C)[C@@H](O[C@@H]2O[C@H](COC(=O)C(C)(C)C)[C@H](OC(=O)C(C)(C)C)[C@H](O[C@H]3O[C@H](COC(C)=O)[C@H](OC(C)=O)[C@H](OC(C)=O)[C@H]3OC(C)=O)[C@H]2OC(=O)C(C)(C)C)[C@H](OC(=O)C(C)(C)C)[C@H]1OC(=O)C(C)(C)C)NC(=O)CCCCCCCCCCCCCCCCCCCCCCCCC. The van der Waals surface area contributed by atoms with E-state index in [1.807, 2.05) is 36.4 Å². The Bertz CT molecular complexity index is 3760. The van der Waals surface area contributed by atoms with Gasteiger partial charge in [-0.25, -0.2) is 0 Å². The van der Waals surface area contributed by atoms with Crippen LogP contribution in [0.15, 0.2) is 36.4 Å². The molecule has 3 saturated heterocycles. The van der Waals surface area contributed by atoms with Gasteiger partial charge < -0.3 is 90.6 Å². The van der Waals surface area contributed by atoms with Crippen LogP contribution in [-0.2, 0) is 140 Å². The maximum atomic E-state index is 15.3. The second kappa shape index (κ2) is 62.9. The summed E-state index contributed by atoms with van der Waals surface area (Å²) in [6.45, 7) is 33.9. The molecule has 3 heterocycles. The predicted molar refractivity (Wildman–Crippen MR) is 523 cm³/mol. The zero-order valence-electron chi connectivity index (χ0n) is 89.1. The van der Waals surface area contributed by atoms with Crippen LogP contribution in [0.4, 0.5) is 0 Å². The molecular formula is C108H181NO29. The van der Waals surface area contributed by atoms with Gasteiger partial charge in [0.2, 0.25) is 5.91 Å². The summed E-state index contributed by atoms with van der Waals surface area (Å²) in [7, 11) is 1.58. The number of benzene rings is 1. The zero-order chi connectivity index (χ0) is 103. The summed E-state index contributed by atoms with van der Waals surface area (Å²) in [4.78, 5) is 157. The van der Waals surface area contributed by atoms with E-state index >= 15 is 14.4 Å². The Morgan fingerprint density at radius 1 is 0.341 bits per heavy atom. The van der Waals surface area contributed by atoms with Gasteiger partial charge in [0, 0.05) is 34.1 Å². The molecule has 0 aromatic heterocycles. The van der Waals surface area contributed by atoms with Crippen molar-refractivity contribution in [2.75, 3.05) is 33.5 Å². The standard InChI is InChI=1S/C108H181NO29/c1-26-28-30-32-34-36-38-40-41-42-43-44-45-46-47-48-49-51-53-55-57-59-61-63-84(114)109-79(80(123-68-77-64-66-78(121-25)67-65-77)62-60-58-56-54-52-50-39-37-35-33-31-29-27-2)69-124-94-91(137-101(119)107(19,20)21)90(136-100(118)106(16,17)18)86(82(130-94)71-125-97(115)103(7,8)9)133-96-93(138-102(120)108(22,23)24)89(87(135-99(117)105(13,14)15)83(132-96)72-126-98(116)104(10,11)12)134-95-92(129-76(6)113)88(128-75(5)112)85(127-74(4)111)81(131-95)70-122-73(3)110/h60,62,64-67,79-83,85-96H,26-59,61,63,68-72H2,1-25H3,(H,109,114)/b62-60+/t79-,80+,81+,82+,83+,85-,86+,87-,88-,89-,90-,91+,92+,93+,94+,95+,96-/m0/s1. The molecule has 3 aliphatic heterocycles. The number of methoxy groups -OCH3 is 1. The molecule has 4 rings (SSSR count). The molecule has 138 heavy (non-hydrogen) atoms. The first-order valence-electron chi connectivity index (χ1n) is 51.8. The first kappa shape index (κ1) is 123. The Labute approximate surface area is 826 Å². The van der Waals surface area contributed by atoms with Gasteiger partial charge in [0.05, 0.1) is 65.0 Å². The number of esters is 10. The van der Waals surface area contributed by atoms with Crippen molar-refractivity contribution in [2.24, 2.45) is 32.5 Å². The highest BCUT2D eigenvalue weighted by molar-refractivity contribution is 5.79. The van der Waals surface area contributed by atoms with Gasteiger partial charge in [0.15, 0.2) is 61.6 Å². The average molecular weight is 1960 g/mol. The van der Waals surface area contributed by atoms with E-state index in [9.17, 15) is 38.4 Å². The minimum absolute atomic E-state index is 0.0450. The van der Waals surface area contributed by atoms with E-state index < -0.39 is 223 Å². The summed E-state index contributed by atoms with van der Waals surface area (Å²) < 4.78 is 116. The van der Waals surface area contributed by atoms with Crippen molar-refractivity contribution in [3.05, 3.63) is 42.0 Å². The second-order valence-corrected chi connectivity index (χ2v) is 43.9. The van der Waals surface area contributed by atoms with Gasteiger partial charge in [0.1, 0.15) is 56.1 Å². The molecule has 3 fully saturated rings. The van der Waals surface area contributed by atoms with E-state index in [-0.39, 0.29) is 18.9 Å². The molecule has 1 aromatic rings. The molecule has 3 aliphatic rings. The third-order valence-electron chi connectivity index (χ3n) is 24.2. The van der Waals surface area contributed by atoms with E-state index in [2.05, 4.69) is 19.2 Å². The van der Waals surface area contributed by atoms with Gasteiger partial charge >= 0.3 is 59.7 Å². The highest BCUT2D eigenvalue weighted by atomic mass is 16.8. The Morgan fingerprint density at radius 3 is 1.02 bits per heavy atom. The number of unbranched alkanes of at least 4 members (excludes halogenated alkanes) is 33. The van der Waals surface area contributed by atoms with Crippen LogP contribution in [0, 0.1) is 32.5 Å². The van der Waals surface area contributed by atoms with Gasteiger partial charge in [-0.05, 0) is 162 Å². The van der Waals surface area contributed by atoms with Crippen molar-refractivity contribution in [3.63, 3.8) is 0 Å². The van der Waals surface area contributed by atoms with Crippen molar-refractivity contribution in [3.8, 4) is 5.75 Å². The van der Waals surface area contributed by atoms with Gasteiger partial charge in [-0.3, -0.25) is 52.7 Å². The highest BCUT2D eigenvalue weighted by Gasteiger charge is 2.62. The van der Waals surface area contributed by atoms with Gasteiger partial charge in [-0.15, -0.1) is 0 Å². The van der Waals surface area contributed by atoms with Crippen LogP contribution in [0.2, 0.25) is 0 Å². The summed E-state index contributed by atoms with van der Waals surface area (Å²) >= 11 is 0. The molecule has 0 radical (unpaired) electrons. The lowest BCUT2D eigenvalue weighted by Crippen LogP contribution is -2.69. The largest absolute Gasteiger partial charge is 0.497 e. The number of nitrogens with one attached hydrogen (secondary N) is 1. The van der Waals surface area contributed by atoms with Crippen molar-refractivity contribution in [1.29, 1.82) is 0 Å². The topological polar surface area (TPSA) is 366 Å².